The average molecular weight is 129 g/mol. The Kier molecular flexibility index (Phi) is 13.3. The fourth-order valence-electron chi connectivity index (χ4n) is 0.338. The molecule has 56 valence electrons. The zero-order valence-corrected chi connectivity index (χ0v) is 7.12. The number of hydrogen-bond donors (Lipinski definition) is 1. The molecule has 0 spiro atoms. The van der Waals surface area contributed by atoms with Crippen LogP contribution in [0.25, 0.3) is 0 Å². The quantitative estimate of drug-likeness (QED) is 0.617. The lowest BCUT2D eigenvalue weighted by Gasteiger charge is -1.98. The number of nitrogens with one attached hydrogen (secondary N) is 1. The van der Waals surface area contributed by atoms with Crippen molar-refractivity contribution in [2.75, 3.05) is 6.54 Å². The Morgan fingerprint density at radius 2 is 1.89 bits per heavy atom. The highest BCUT2D eigenvalue weighted by atomic mass is 14.9. The lowest BCUT2D eigenvalue weighted by Crippen LogP contribution is -2.09. The Morgan fingerprint density at radius 3 is 2.00 bits per heavy atom. The van der Waals surface area contributed by atoms with E-state index < -0.39 is 0 Å². The van der Waals surface area contributed by atoms with Gasteiger partial charge in [0.05, 0.1) is 0 Å². The first-order valence-corrected chi connectivity index (χ1v) is 3.66. The normalized spacial score (nSPS) is 7.11. The number of rotatable bonds is 3. The highest BCUT2D eigenvalue weighted by Crippen LogP contribution is 1.77. The molecule has 0 atom stereocenters. The Balaban J connectivity index is 0. The summed E-state index contributed by atoms with van der Waals surface area (Å²) in [5.41, 5.74) is 1.06. The van der Waals surface area contributed by atoms with Gasteiger partial charge in [-0.2, -0.15) is 0 Å². The maximum atomic E-state index is 3.68. The Bertz CT molecular complexity index is 57.6. The summed E-state index contributed by atoms with van der Waals surface area (Å²) >= 11 is 0. The van der Waals surface area contributed by atoms with Gasteiger partial charge in [0.2, 0.25) is 0 Å². The molecule has 0 bridgehead atoms. The molecule has 0 unspecified atom stereocenters. The van der Waals surface area contributed by atoms with Crippen molar-refractivity contribution in [3.8, 4) is 0 Å². The van der Waals surface area contributed by atoms with Crippen molar-refractivity contribution in [1.82, 2.24) is 5.32 Å². The fourth-order valence-corrected chi connectivity index (χ4v) is 0.338. The van der Waals surface area contributed by atoms with Crippen LogP contribution in [0.2, 0.25) is 0 Å². The van der Waals surface area contributed by atoms with Crippen molar-refractivity contribution in [3.63, 3.8) is 0 Å². The highest BCUT2D eigenvalue weighted by Gasteiger charge is 1.76. The molecule has 0 radical (unpaired) electrons. The first-order valence-electron chi connectivity index (χ1n) is 3.66. The van der Waals surface area contributed by atoms with E-state index in [0.717, 1.165) is 12.2 Å². The summed E-state index contributed by atoms with van der Waals surface area (Å²) in [5, 5.41) is 3.10. The first kappa shape index (κ1) is 11.4. The number of allylic oxidation sites excluding steroid dienone is 1. The lowest BCUT2D eigenvalue weighted by atomic mass is 10.4. The molecule has 0 heterocycles. The van der Waals surface area contributed by atoms with Crippen molar-refractivity contribution in [2.24, 2.45) is 0 Å². The van der Waals surface area contributed by atoms with Crippen LogP contribution in [0.15, 0.2) is 12.3 Å². The molecule has 0 saturated heterocycles. The van der Waals surface area contributed by atoms with E-state index >= 15 is 0 Å². The molecule has 1 N–H and O–H groups in total. The summed E-state index contributed by atoms with van der Waals surface area (Å²) in [6, 6.07) is 0. The van der Waals surface area contributed by atoms with Crippen LogP contribution in [0.3, 0.4) is 0 Å². The van der Waals surface area contributed by atoms with Crippen LogP contribution < -0.4 is 5.32 Å². The SMILES string of the molecule is C=C(C)NCCC.CC. The maximum Gasteiger partial charge on any atom is 0.0141 e. The van der Waals surface area contributed by atoms with Gasteiger partial charge in [0, 0.05) is 12.2 Å². The van der Waals surface area contributed by atoms with Gasteiger partial charge in [0.1, 0.15) is 0 Å². The molecule has 0 aliphatic carbocycles. The molecule has 0 aromatic rings. The van der Waals surface area contributed by atoms with Gasteiger partial charge >= 0.3 is 0 Å². The van der Waals surface area contributed by atoms with Crippen LogP contribution >= 0.6 is 0 Å². The molecule has 0 aliphatic heterocycles. The van der Waals surface area contributed by atoms with Crippen LogP contribution in [0.4, 0.5) is 0 Å². The lowest BCUT2D eigenvalue weighted by molar-refractivity contribution is 0.772. The van der Waals surface area contributed by atoms with E-state index in [4.69, 9.17) is 0 Å². The molecule has 0 amide bonds. The fraction of sp³-hybridized carbons (Fsp3) is 0.750. The van der Waals surface area contributed by atoms with Gasteiger partial charge in [-0.05, 0) is 13.3 Å². The zero-order chi connectivity index (χ0) is 7.70. The topological polar surface area (TPSA) is 12.0 Å². The Morgan fingerprint density at radius 1 is 1.44 bits per heavy atom. The maximum absolute atomic E-state index is 3.68. The second-order valence-electron chi connectivity index (χ2n) is 1.71. The van der Waals surface area contributed by atoms with Crippen LogP contribution in [-0.2, 0) is 0 Å². The minimum absolute atomic E-state index is 1.05. The van der Waals surface area contributed by atoms with Crippen molar-refractivity contribution in [1.29, 1.82) is 0 Å². The summed E-state index contributed by atoms with van der Waals surface area (Å²) in [6.45, 7) is 12.8. The Labute approximate surface area is 59.2 Å². The van der Waals surface area contributed by atoms with Crippen molar-refractivity contribution >= 4 is 0 Å². The third-order valence-corrected chi connectivity index (χ3v) is 0.677. The molecule has 1 heteroatoms. The standard InChI is InChI=1S/C6H13N.C2H6/c1-4-5-7-6(2)3;1-2/h7H,2,4-5H2,1,3H3;1-2H3. The van der Waals surface area contributed by atoms with Crippen molar-refractivity contribution in [3.05, 3.63) is 12.3 Å². The molecule has 0 aromatic carbocycles. The first-order chi connectivity index (χ1) is 4.27. The van der Waals surface area contributed by atoms with Crippen LogP contribution in [-0.4, -0.2) is 6.54 Å². The van der Waals surface area contributed by atoms with Gasteiger partial charge in [-0.1, -0.05) is 27.4 Å². The predicted octanol–water partition coefficient (Wildman–Crippen LogP) is 2.55. The zero-order valence-electron chi connectivity index (χ0n) is 7.12. The molecule has 0 aliphatic rings. The second kappa shape index (κ2) is 10.5. The summed E-state index contributed by atoms with van der Waals surface area (Å²) in [6.07, 6.45) is 1.17. The largest absolute Gasteiger partial charge is 0.389 e. The van der Waals surface area contributed by atoms with Gasteiger partial charge in [-0.15, -0.1) is 0 Å². The minimum atomic E-state index is 1.05. The molecular formula is C8H19N. The van der Waals surface area contributed by atoms with Gasteiger partial charge < -0.3 is 5.32 Å². The summed E-state index contributed by atoms with van der Waals surface area (Å²) in [7, 11) is 0. The molecule has 9 heavy (non-hydrogen) atoms. The average Bonchev–Trinajstić information content (AvgIpc) is 1.88. The van der Waals surface area contributed by atoms with Crippen LogP contribution in [0.1, 0.15) is 34.1 Å². The van der Waals surface area contributed by atoms with E-state index in [1.54, 1.807) is 0 Å². The van der Waals surface area contributed by atoms with E-state index in [1.807, 2.05) is 20.8 Å². The second-order valence-corrected chi connectivity index (χ2v) is 1.71. The molecule has 1 nitrogen and oxygen atoms in total. The third-order valence-electron chi connectivity index (χ3n) is 0.677. The van der Waals surface area contributed by atoms with Crippen LogP contribution in [0, 0.1) is 0 Å². The van der Waals surface area contributed by atoms with E-state index in [9.17, 15) is 0 Å². The van der Waals surface area contributed by atoms with E-state index in [0.29, 0.717) is 0 Å². The van der Waals surface area contributed by atoms with E-state index in [-0.39, 0.29) is 0 Å². The molecule has 0 fully saturated rings. The summed E-state index contributed by atoms with van der Waals surface area (Å²) in [4.78, 5) is 0. The number of hydrogen-bond acceptors (Lipinski definition) is 1. The van der Waals surface area contributed by atoms with Gasteiger partial charge in [-0.25, -0.2) is 0 Å². The monoisotopic (exact) mass is 129 g/mol. The van der Waals surface area contributed by atoms with E-state index in [1.165, 1.54) is 6.42 Å². The van der Waals surface area contributed by atoms with Crippen molar-refractivity contribution < 1.29 is 0 Å². The summed E-state index contributed by atoms with van der Waals surface area (Å²) < 4.78 is 0. The minimum Gasteiger partial charge on any atom is -0.389 e. The van der Waals surface area contributed by atoms with Gasteiger partial charge in [-0.3, -0.25) is 0 Å². The predicted molar refractivity (Wildman–Crippen MR) is 44.5 cm³/mol. The van der Waals surface area contributed by atoms with Crippen molar-refractivity contribution in [2.45, 2.75) is 34.1 Å². The molecule has 0 saturated carbocycles. The third kappa shape index (κ3) is 18.5. The van der Waals surface area contributed by atoms with Gasteiger partial charge in [0.15, 0.2) is 0 Å². The molecule has 0 rings (SSSR count). The highest BCUT2D eigenvalue weighted by molar-refractivity contribution is 4.83. The Hall–Kier alpha value is -0.460. The summed E-state index contributed by atoms with van der Waals surface area (Å²) in [5.74, 6) is 0. The van der Waals surface area contributed by atoms with Crippen LogP contribution in [0.5, 0.6) is 0 Å². The van der Waals surface area contributed by atoms with E-state index in [2.05, 4.69) is 18.8 Å². The molecule has 0 aromatic heterocycles. The van der Waals surface area contributed by atoms with Gasteiger partial charge in [0.25, 0.3) is 0 Å². The smallest absolute Gasteiger partial charge is 0.0141 e. The molecular weight excluding hydrogens is 110 g/mol.